The highest BCUT2D eigenvalue weighted by atomic mass is 79.9. The number of thiocarbonyl (C=S) groups is 1. The van der Waals surface area contributed by atoms with Crippen LogP contribution in [-0.2, 0) is 0 Å². The van der Waals surface area contributed by atoms with Crippen LogP contribution in [0.2, 0.25) is 0 Å². The van der Waals surface area contributed by atoms with E-state index >= 15 is 0 Å². The molecule has 1 saturated carbocycles. The van der Waals surface area contributed by atoms with Gasteiger partial charge in [-0.15, -0.1) is 0 Å². The molecule has 104 valence electrons. The highest BCUT2D eigenvalue weighted by molar-refractivity contribution is 9.11. The standard InChI is InChI=1S/C13H17Br2N3S/c1-8-10(14)7-16-12(11(8)15)18-13(19)17-9-5-3-2-4-6-9/h7,9H,2-6H2,1H3,(H2,16,17,18,19). The number of hydrogen-bond donors (Lipinski definition) is 2. The third-order valence-corrected chi connectivity index (χ3v) is 5.36. The number of rotatable bonds is 2. The number of nitrogens with zero attached hydrogens (tertiary/aromatic N) is 1. The summed E-state index contributed by atoms with van der Waals surface area (Å²) >= 11 is 12.4. The summed E-state index contributed by atoms with van der Waals surface area (Å²) in [6, 6.07) is 0.504. The van der Waals surface area contributed by atoms with Crippen molar-refractivity contribution in [1.82, 2.24) is 10.3 Å². The van der Waals surface area contributed by atoms with Gasteiger partial charge in [0.2, 0.25) is 0 Å². The molecule has 0 aliphatic heterocycles. The van der Waals surface area contributed by atoms with E-state index in [4.69, 9.17) is 12.2 Å². The predicted octanol–water partition coefficient (Wildman–Crippen LogP) is 4.53. The Morgan fingerprint density at radius 1 is 1.32 bits per heavy atom. The Morgan fingerprint density at radius 3 is 2.68 bits per heavy atom. The summed E-state index contributed by atoms with van der Waals surface area (Å²) in [6.45, 7) is 2.03. The molecule has 0 bridgehead atoms. The van der Waals surface area contributed by atoms with Crippen molar-refractivity contribution in [2.45, 2.75) is 45.1 Å². The Labute approximate surface area is 136 Å². The van der Waals surface area contributed by atoms with E-state index in [9.17, 15) is 0 Å². The number of halogens is 2. The molecule has 2 N–H and O–H groups in total. The Kier molecular flexibility index (Phi) is 5.59. The summed E-state index contributed by atoms with van der Waals surface area (Å²) in [7, 11) is 0. The van der Waals surface area contributed by atoms with Crippen molar-refractivity contribution in [3.63, 3.8) is 0 Å². The van der Waals surface area contributed by atoms with E-state index < -0.39 is 0 Å². The minimum atomic E-state index is 0.504. The van der Waals surface area contributed by atoms with E-state index in [2.05, 4.69) is 47.5 Å². The van der Waals surface area contributed by atoms with Crippen molar-refractivity contribution in [3.8, 4) is 0 Å². The van der Waals surface area contributed by atoms with E-state index in [1.165, 1.54) is 32.1 Å². The molecule has 0 spiro atoms. The minimum Gasteiger partial charge on any atom is -0.360 e. The zero-order valence-corrected chi connectivity index (χ0v) is 14.8. The first-order valence-corrected chi connectivity index (χ1v) is 8.45. The van der Waals surface area contributed by atoms with Crippen LogP contribution in [0.5, 0.6) is 0 Å². The Bertz CT molecular complexity index is 473. The van der Waals surface area contributed by atoms with Gasteiger partial charge < -0.3 is 10.6 Å². The second kappa shape index (κ2) is 6.99. The molecule has 0 saturated heterocycles. The van der Waals surface area contributed by atoms with Gasteiger partial charge in [-0.2, -0.15) is 0 Å². The average Bonchev–Trinajstić information content (AvgIpc) is 2.41. The second-order valence-electron chi connectivity index (χ2n) is 4.83. The van der Waals surface area contributed by atoms with Crippen molar-refractivity contribution in [2.75, 3.05) is 5.32 Å². The molecule has 0 amide bonds. The highest BCUT2D eigenvalue weighted by Crippen LogP contribution is 2.29. The zero-order valence-electron chi connectivity index (χ0n) is 10.8. The molecular formula is C13H17Br2N3S. The molecule has 0 atom stereocenters. The van der Waals surface area contributed by atoms with Gasteiger partial charge in [0.25, 0.3) is 0 Å². The molecule has 2 rings (SSSR count). The summed E-state index contributed by atoms with van der Waals surface area (Å²) < 4.78 is 1.92. The average molecular weight is 407 g/mol. The molecule has 1 heterocycles. The van der Waals surface area contributed by atoms with Crippen LogP contribution in [-0.4, -0.2) is 16.1 Å². The van der Waals surface area contributed by atoms with Crippen molar-refractivity contribution in [2.24, 2.45) is 0 Å². The molecule has 1 aliphatic rings. The van der Waals surface area contributed by atoms with Crippen LogP contribution in [0.15, 0.2) is 15.1 Å². The first-order valence-electron chi connectivity index (χ1n) is 6.46. The lowest BCUT2D eigenvalue weighted by Crippen LogP contribution is -2.39. The fourth-order valence-corrected chi connectivity index (χ4v) is 3.47. The largest absolute Gasteiger partial charge is 0.360 e. The van der Waals surface area contributed by atoms with Gasteiger partial charge in [0.05, 0.1) is 4.47 Å². The fraction of sp³-hybridized carbons (Fsp3) is 0.538. The SMILES string of the molecule is Cc1c(Br)cnc(NC(=S)NC2CCCCC2)c1Br. The lowest BCUT2D eigenvalue weighted by atomic mass is 9.96. The maximum absolute atomic E-state index is 5.36. The minimum absolute atomic E-state index is 0.504. The fourth-order valence-electron chi connectivity index (χ4n) is 2.22. The van der Waals surface area contributed by atoms with Crippen molar-refractivity contribution >= 4 is 55.0 Å². The van der Waals surface area contributed by atoms with Gasteiger partial charge in [-0.05, 0) is 69.4 Å². The quantitative estimate of drug-likeness (QED) is 0.707. The van der Waals surface area contributed by atoms with Crippen LogP contribution < -0.4 is 10.6 Å². The molecule has 1 fully saturated rings. The zero-order chi connectivity index (χ0) is 13.8. The molecular weight excluding hydrogens is 390 g/mol. The van der Waals surface area contributed by atoms with Crippen molar-refractivity contribution in [1.29, 1.82) is 0 Å². The van der Waals surface area contributed by atoms with E-state index in [1.807, 2.05) is 6.92 Å². The smallest absolute Gasteiger partial charge is 0.172 e. The molecule has 19 heavy (non-hydrogen) atoms. The Morgan fingerprint density at radius 2 is 2.00 bits per heavy atom. The maximum atomic E-state index is 5.36. The van der Waals surface area contributed by atoms with E-state index in [1.54, 1.807) is 6.20 Å². The Hall–Kier alpha value is -0.200. The van der Waals surface area contributed by atoms with Gasteiger partial charge in [0.15, 0.2) is 5.11 Å². The summed E-state index contributed by atoms with van der Waals surface area (Å²) in [5, 5.41) is 7.20. The lowest BCUT2D eigenvalue weighted by Gasteiger charge is -2.24. The lowest BCUT2D eigenvalue weighted by molar-refractivity contribution is 0.415. The Balaban J connectivity index is 1.97. The van der Waals surface area contributed by atoms with Gasteiger partial charge in [-0.25, -0.2) is 4.98 Å². The molecule has 3 nitrogen and oxygen atoms in total. The van der Waals surface area contributed by atoms with Gasteiger partial charge in [-0.1, -0.05) is 19.3 Å². The topological polar surface area (TPSA) is 37.0 Å². The number of aromatic nitrogens is 1. The van der Waals surface area contributed by atoms with Crippen LogP contribution in [0.4, 0.5) is 5.82 Å². The number of anilines is 1. The van der Waals surface area contributed by atoms with Gasteiger partial charge in [0, 0.05) is 16.7 Å². The predicted molar refractivity (Wildman–Crippen MR) is 90.6 cm³/mol. The van der Waals surface area contributed by atoms with Crippen LogP contribution >= 0.6 is 44.1 Å². The van der Waals surface area contributed by atoms with Crippen LogP contribution in [0, 0.1) is 6.92 Å². The molecule has 0 unspecified atom stereocenters. The van der Waals surface area contributed by atoms with Crippen molar-refractivity contribution in [3.05, 3.63) is 20.7 Å². The molecule has 1 aromatic heterocycles. The van der Waals surface area contributed by atoms with Crippen LogP contribution in [0.25, 0.3) is 0 Å². The van der Waals surface area contributed by atoms with Gasteiger partial charge >= 0.3 is 0 Å². The summed E-state index contributed by atoms with van der Waals surface area (Å²) in [5.74, 6) is 0.758. The maximum Gasteiger partial charge on any atom is 0.172 e. The third kappa shape index (κ3) is 4.13. The summed E-state index contributed by atoms with van der Waals surface area (Å²) in [5.41, 5.74) is 1.11. The normalized spacial score (nSPS) is 16.2. The van der Waals surface area contributed by atoms with Crippen LogP contribution in [0.3, 0.4) is 0 Å². The summed E-state index contributed by atoms with van der Waals surface area (Å²) in [4.78, 5) is 4.34. The van der Waals surface area contributed by atoms with Crippen LogP contribution in [0.1, 0.15) is 37.7 Å². The monoisotopic (exact) mass is 405 g/mol. The number of hydrogen-bond acceptors (Lipinski definition) is 2. The highest BCUT2D eigenvalue weighted by Gasteiger charge is 2.15. The molecule has 6 heteroatoms. The summed E-state index contributed by atoms with van der Waals surface area (Å²) in [6.07, 6.45) is 8.12. The second-order valence-corrected chi connectivity index (χ2v) is 6.88. The van der Waals surface area contributed by atoms with E-state index in [0.717, 1.165) is 20.3 Å². The first kappa shape index (κ1) is 15.2. The molecule has 1 aliphatic carbocycles. The molecule has 0 radical (unpaired) electrons. The number of nitrogens with one attached hydrogen (secondary N) is 2. The van der Waals surface area contributed by atoms with E-state index in [0.29, 0.717) is 11.2 Å². The first-order chi connectivity index (χ1) is 9.08. The van der Waals surface area contributed by atoms with Gasteiger partial charge in [0.1, 0.15) is 5.82 Å². The van der Waals surface area contributed by atoms with Gasteiger partial charge in [-0.3, -0.25) is 0 Å². The third-order valence-electron chi connectivity index (χ3n) is 3.37. The molecule has 0 aromatic carbocycles. The van der Waals surface area contributed by atoms with Crippen molar-refractivity contribution < 1.29 is 0 Å². The molecule has 1 aromatic rings. The number of pyridine rings is 1. The van der Waals surface area contributed by atoms with E-state index in [-0.39, 0.29) is 0 Å².